The van der Waals surface area contributed by atoms with Crippen molar-refractivity contribution in [3.63, 3.8) is 0 Å². The summed E-state index contributed by atoms with van der Waals surface area (Å²) in [6.07, 6.45) is 6.65. The first kappa shape index (κ1) is 24.1. The lowest BCUT2D eigenvalue weighted by Gasteiger charge is -2.12. The van der Waals surface area contributed by atoms with Crippen molar-refractivity contribution in [2.24, 2.45) is 0 Å². The number of hydrogen-bond acceptors (Lipinski definition) is 3. The topological polar surface area (TPSA) is 87.3 Å². The Balaban J connectivity index is 1.83. The second-order valence-corrected chi connectivity index (χ2v) is 7.69. The molecule has 0 spiro atoms. The Morgan fingerprint density at radius 1 is 0.774 bits per heavy atom. The van der Waals surface area contributed by atoms with Crippen LogP contribution in [0.2, 0.25) is 0 Å². The molecule has 6 heteroatoms. The molecule has 0 atom stereocenters. The number of benzene rings is 2. The van der Waals surface area contributed by atoms with Gasteiger partial charge in [0, 0.05) is 13.1 Å². The average molecular weight is 424 g/mol. The fourth-order valence-corrected chi connectivity index (χ4v) is 3.14. The zero-order valence-electron chi connectivity index (χ0n) is 18.5. The fraction of sp³-hybridized carbons (Fsp3) is 0.400. The summed E-state index contributed by atoms with van der Waals surface area (Å²) in [5.74, 6) is -1.78. The van der Waals surface area contributed by atoms with Crippen LogP contribution in [-0.2, 0) is 16.1 Å². The molecule has 3 amide bonds. The van der Waals surface area contributed by atoms with Crippen molar-refractivity contribution < 1.29 is 14.4 Å². The van der Waals surface area contributed by atoms with Crippen molar-refractivity contribution in [1.29, 1.82) is 0 Å². The van der Waals surface area contributed by atoms with Gasteiger partial charge in [-0.05, 0) is 31.0 Å². The number of rotatable bonds is 11. The summed E-state index contributed by atoms with van der Waals surface area (Å²) in [5.41, 5.74) is 2.75. The van der Waals surface area contributed by atoms with E-state index in [4.69, 9.17) is 0 Å². The molecule has 6 nitrogen and oxygen atoms in total. The van der Waals surface area contributed by atoms with Gasteiger partial charge in [0.15, 0.2) is 0 Å². The van der Waals surface area contributed by atoms with E-state index in [9.17, 15) is 14.4 Å². The number of hydrogen-bond donors (Lipinski definition) is 3. The summed E-state index contributed by atoms with van der Waals surface area (Å²) in [7, 11) is 0. The summed E-state index contributed by atoms with van der Waals surface area (Å²) in [5, 5.41) is 8.05. The normalized spacial score (nSPS) is 10.4. The van der Waals surface area contributed by atoms with E-state index in [-0.39, 0.29) is 5.91 Å². The highest BCUT2D eigenvalue weighted by Gasteiger charge is 2.17. The van der Waals surface area contributed by atoms with E-state index < -0.39 is 11.8 Å². The van der Waals surface area contributed by atoms with Gasteiger partial charge in [0.2, 0.25) is 0 Å². The van der Waals surface area contributed by atoms with Gasteiger partial charge in [0.05, 0.1) is 11.3 Å². The molecule has 0 aliphatic heterocycles. The van der Waals surface area contributed by atoms with Crippen molar-refractivity contribution in [2.75, 3.05) is 11.9 Å². The van der Waals surface area contributed by atoms with Crippen LogP contribution in [0.4, 0.5) is 5.69 Å². The molecule has 0 unspecified atom stereocenters. The Morgan fingerprint density at radius 2 is 1.45 bits per heavy atom. The number of carbonyl (C=O) groups is 3. The second kappa shape index (κ2) is 13.2. The van der Waals surface area contributed by atoms with Gasteiger partial charge in [-0.15, -0.1) is 0 Å². The lowest BCUT2D eigenvalue weighted by molar-refractivity contribution is -0.136. The highest BCUT2D eigenvalue weighted by Crippen LogP contribution is 2.15. The Bertz CT molecular complexity index is 863. The molecule has 0 aliphatic rings. The molecule has 0 bridgehead atoms. The molecular formula is C25H33N3O3. The highest BCUT2D eigenvalue weighted by molar-refractivity contribution is 6.40. The van der Waals surface area contributed by atoms with Gasteiger partial charge >= 0.3 is 11.8 Å². The number of nitrogens with one attached hydrogen (secondary N) is 3. The summed E-state index contributed by atoms with van der Waals surface area (Å²) < 4.78 is 0. The van der Waals surface area contributed by atoms with E-state index in [1.165, 1.54) is 19.3 Å². The van der Waals surface area contributed by atoms with Crippen LogP contribution in [0.1, 0.15) is 66.9 Å². The van der Waals surface area contributed by atoms with Crippen molar-refractivity contribution >= 4 is 23.4 Å². The van der Waals surface area contributed by atoms with Crippen LogP contribution in [0.5, 0.6) is 0 Å². The van der Waals surface area contributed by atoms with E-state index in [2.05, 4.69) is 22.9 Å². The minimum absolute atomic E-state index is 0.309. The largest absolute Gasteiger partial charge is 0.348 e. The zero-order chi connectivity index (χ0) is 22.5. The van der Waals surface area contributed by atoms with Crippen LogP contribution in [-0.4, -0.2) is 24.3 Å². The predicted molar refractivity (Wildman–Crippen MR) is 124 cm³/mol. The molecule has 0 radical (unpaired) electrons. The van der Waals surface area contributed by atoms with Crippen LogP contribution < -0.4 is 16.0 Å². The number of unbranched alkanes of at least 4 members (excludes halogenated alkanes) is 5. The quantitative estimate of drug-likeness (QED) is 0.371. The summed E-state index contributed by atoms with van der Waals surface area (Å²) >= 11 is 0. The average Bonchev–Trinajstić information content (AvgIpc) is 2.78. The maximum atomic E-state index is 12.6. The lowest BCUT2D eigenvalue weighted by atomic mass is 10.1. The number of aryl methyl sites for hydroxylation is 1. The third-order valence-corrected chi connectivity index (χ3v) is 5.02. The van der Waals surface area contributed by atoms with E-state index in [0.717, 1.165) is 30.4 Å². The van der Waals surface area contributed by atoms with Gasteiger partial charge in [-0.25, -0.2) is 0 Å². The molecule has 0 heterocycles. The van der Waals surface area contributed by atoms with E-state index in [1.54, 1.807) is 24.3 Å². The highest BCUT2D eigenvalue weighted by atomic mass is 16.2. The Labute approximate surface area is 184 Å². The molecule has 166 valence electrons. The Kier molecular flexibility index (Phi) is 10.3. The third kappa shape index (κ3) is 8.62. The van der Waals surface area contributed by atoms with Crippen molar-refractivity contribution in [3.05, 3.63) is 65.2 Å². The first-order valence-electron chi connectivity index (χ1n) is 11.0. The molecule has 0 aromatic heterocycles. The van der Waals surface area contributed by atoms with Crippen molar-refractivity contribution in [1.82, 2.24) is 10.6 Å². The molecule has 31 heavy (non-hydrogen) atoms. The van der Waals surface area contributed by atoms with E-state index >= 15 is 0 Å². The van der Waals surface area contributed by atoms with Crippen molar-refractivity contribution in [3.8, 4) is 0 Å². The monoisotopic (exact) mass is 423 g/mol. The number of carbonyl (C=O) groups excluding carboxylic acids is 3. The predicted octanol–water partition coefficient (Wildman–Crippen LogP) is 4.34. The van der Waals surface area contributed by atoms with Gasteiger partial charge in [0.1, 0.15) is 0 Å². The third-order valence-electron chi connectivity index (χ3n) is 5.02. The fourth-order valence-electron chi connectivity index (χ4n) is 3.14. The number of amides is 3. The molecule has 0 aliphatic carbocycles. The van der Waals surface area contributed by atoms with E-state index in [1.807, 2.05) is 31.2 Å². The molecule has 0 saturated carbocycles. The van der Waals surface area contributed by atoms with Gasteiger partial charge in [0.25, 0.3) is 5.91 Å². The van der Waals surface area contributed by atoms with Gasteiger partial charge in [-0.3, -0.25) is 14.4 Å². The maximum absolute atomic E-state index is 12.6. The maximum Gasteiger partial charge on any atom is 0.313 e. The van der Waals surface area contributed by atoms with Gasteiger partial charge in [-0.2, -0.15) is 0 Å². The molecule has 2 aromatic carbocycles. The van der Waals surface area contributed by atoms with Crippen LogP contribution in [0.3, 0.4) is 0 Å². The molecule has 2 rings (SSSR count). The molecular weight excluding hydrogens is 390 g/mol. The van der Waals surface area contributed by atoms with Crippen LogP contribution in [0.25, 0.3) is 0 Å². The number of para-hydroxylation sites is 1. The van der Waals surface area contributed by atoms with E-state index in [0.29, 0.717) is 24.3 Å². The minimum Gasteiger partial charge on any atom is -0.348 e. The summed E-state index contributed by atoms with van der Waals surface area (Å²) in [4.78, 5) is 36.9. The van der Waals surface area contributed by atoms with Gasteiger partial charge < -0.3 is 16.0 Å². The lowest BCUT2D eigenvalue weighted by Crippen LogP contribution is -2.36. The first-order valence-corrected chi connectivity index (χ1v) is 11.0. The van der Waals surface area contributed by atoms with Crippen LogP contribution >= 0.6 is 0 Å². The molecule has 0 fully saturated rings. The first-order chi connectivity index (χ1) is 15.0. The Hall–Kier alpha value is -3.15. The molecule has 0 saturated heterocycles. The smallest absolute Gasteiger partial charge is 0.313 e. The molecule has 3 N–H and O–H groups in total. The zero-order valence-corrected chi connectivity index (χ0v) is 18.5. The Morgan fingerprint density at radius 3 is 2.19 bits per heavy atom. The number of anilines is 1. The van der Waals surface area contributed by atoms with Crippen LogP contribution in [0.15, 0.2) is 48.5 Å². The molecule has 2 aromatic rings. The van der Waals surface area contributed by atoms with Gasteiger partial charge in [-0.1, -0.05) is 81.0 Å². The SMILES string of the molecule is CCCCCCCCNC(=O)C(=O)Nc1ccccc1C(=O)NCc1ccc(C)cc1. The summed E-state index contributed by atoms with van der Waals surface area (Å²) in [6, 6.07) is 14.5. The van der Waals surface area contributed by atoms with Crippen molar-refractivity contribution in [2.45, 2.75) is 58.9 Å². The standard InChI is InChI=1S/C25H33N3O3/c1-3-4-5-6-7-10-17-26-24(30)25(31)28-22-12-9-8-11-21(22)23(29)27-18-20-15-13-19(2)14-16-20/h8-9,11-16H,3-7,10,17-18H2,1-2H3,(H,26,30)(H,27,29)(H,28,31). The second-order valence-electron chi connectivity index (χ2n) is 7.69. The summed E-state index contributed by atoms with van der Waals surface area (Å²) in [6.45, 7) is 5.02. The minimum atomic E-state index is -0.773. The van der Waals surface area contributed by atoms with Crippen LogP contribution in [0, 0.1) is 6.92 Å².